The molecule has 1 N–H and O–H groups in total. The summed E-state index contributed by atoms with van der Waals surface area (Å²) < 4.78 is 4.59. The van der Waals surface area contributed by atoms with E-state index in [0.29, 0.717) is 15.6 Å². The van der Waals surface area contributed by atoms with Gasteiger partial charge in [0, 0.05) is 5.56 Å². The van der Waals surface area contributed by atoms with Crippen molar-refractivity contribution in [1.82, 2.24) is 4.98 Å². The van der Waals surface area contributed by atoms with Crippen LogP contribution in [0, 0.1) is 13.8 Å². The van der Waals surface area contributed by atoms with Gasteiger partial charge in [-0.15, -0.1) is 0 Å². The molecular formula is C14H14N2O3S. The van der Waals surface area contributed by atoms with Crippen LogP contribution in [0.5, 0.6) is 0 Å². The van der Waals surface area contributed by atoms with E-state index in [-0.39, 0.29) is 5.91 Å². The Morgan fingerprint density at radius 3 is 2.75 bits per heavy atom. The van der Waals surface area contributed by atoms with E-state index in [2.05, 4.69) is 15.0 Å². The van der Waals surface area contributed by atoms with Crippen LogP contribution >= 0.6 is 11.3 Å². The molecule has 1 aromatic heterocycles. The third kappa shape index (κ3) is 2.85. The Morgan fingerprint density at radius 2 is 2.05 bits per heavy atom. The number of amides is 1. The van der Waals surface area contributed by atoms with Crippen LogP contribution in [0.3, 0.4) is 0 Å². The summed E-state index contributed by atoms with van der Waals surface area (Å²) in [5, 5.41) is 3.06. The van der Waals surface area contributed by atoms with Gasteiger partial charge in [0.2, 0.25) is 0 Å². The Kier molecular flexibility index (Phi) is 4.14. The maximum absolute atomic E-state index is 12.2. The van der Waals surface area contributed by atoms with Crippen LogP contribution in [0.4, 0.5) is 5.13 Å². The third-order valence-electron chi connectivity index (χ3n) is 2.96. The van der Waals surface area contributed by atoms with E-state index < -0.39 is 5.97 Å². The second-order valence-electron chi connectivity index (χ2n) is 4.22. The number of carbonyl (C=O) groups is 2. The van der Waals surface area contributed by atoms with Gasteiger partial charge in [-0.05, 0) is 31.0 Å². The summed E-state index contributed by atoms with van der Waals surface area (Å²) in [7, 11) is 1.30. The average Bonchev–Trinajstić information content (AvgIpc) is 2.89. The molecule has 0 atom stereocenters. The van der Waals surface area contributed by atoms with Gasteiger partial charge >= 0.3 is 5.97 Å². The maximum Gasteiger partial charge on any atom is 0.349 e. The molecule has 20 heavy (non-hydrogen) atoms. The molecule has 0 aliphatic rings. The summed E-state index contributed by atoms with van der Waals surface area (Å²) in [4.78, 5) is 27.8. The molecule has 6 heteroatoms. The number of methoxy groups -OCH3 is 1. The lowest BCUT2D eigenvalue weighted by Gasteiger charge is -2.07. The van der Waals surface area contributed by atoms with Crippen LogP contribution in [0.2, 0.25) is 0 Å². The Labute approximate surface area is 120 Å². The zero-order chi connectivity index (χ0) is 14.7. The van der Waals surface area contributed by atoms with Crippen molar-refractivity contribution < 1.29 is 14.3 Å². The monoisotopic (exact) mass is 290 g/mol. The number of nitrogens with one attached hydrogen (secondary N) is 1. The Balaban J connectivity index is 2.18. The van der Waals surface area contributed by atoms with E-state index in [1.54, 1.807) is 6.07 Å². The first-order valence-electron chi connectivity index (χ1n) is 5.94. The molecule has 0 saturated heterocycles. The summed E-state index contributed by atoms with van der Waals surface area (Å²) in [5.41, 5.74) is 2.57. The van der Waals surface area contributed by atoms with E-state index in [4.69, 9.17) is 0 Å². The van der Waals surface area contributed by atoms with E-state index in [1.807, 2.05) is 26.0 Å². The fourth-order valence-electron chi connectivity index (χ4n) is 1.69. The van der Waals surface area contributed by atoms with E-state index in [9.17, 15) is 9.59 Å². The molecule has 2 rings (SSSR count). The molecule has 0 bridgehead atoms. The second-order valence-corrected chi connectivity index (χ2v) is 5.25. The van der Waals surface area contributed by atoms with Crippen LogP contribution in [0.1, 0.15) is 31.2 Å². The second kappa shape index (κ2) is 5.83. The predicted molar refractivity (Wildman–Crippen MR) is 77.3 cm³/mol. The van der Waals surface area contributed by atoms with Gasteiger partial charge in [-0.2, -0.15) is 0 Å². The molecule has 0 aliphatic heterocycles. The summed E-state index contributed by atoms with van der Waals surface area (Å²) in [6, 6.07) is 5.54. The van der Waals surface area contributed by atoms with Crippen molar-refractivity contribution in [3.8, 4) is 0 Å². The first-order valence-corrected chi connectivity index (χ1v) is 6.76. The minimum Gasteiger partial charge on any atom is -0.465 e. The van der Waals surface area contributed by atoms with Gasteiger partial charge in [-0.3, -0.25) is 10.1 Å². The molecule has 0 aliphatic carbocycles. The van der Waals surface area contributed by atoms with Gasteiger partial charge in [0.05, 0.1) is 13.3 Å². The number of aryl methyl sites for hydroxylation is 1. The number of hydrogen-bond donors (Lipinski definition) is 1. The van der Waals surface area contributed by atoms with Gasteiger partial charge < -0.3 is 4.74 Å². The smallest absolute Gasteiger partial charge is 0.349 e. The first-order chi connectivity index (χ1) is 9.52. The molecule has 0 saturated carbocycles. The van der Waals surface area contributed by atoms with Gasteiger partial charge in [-0.25, -0.2) is 9.78 Å². The number of ether oxygens (including phenoxy) is 1. The molecule has 1 aromatic carbocycles. The highest BCUT2D eigenvalue weighted by molar-refractivity contribution is 7.17. The van der Waals surface area contributed by atoms with Crippen molar-refractivity contribution in [1.29, 1.82) is 0 Å². The summed E-state index contributed by atoms with van der Waals surface area (Å²) in [6.07, 6.45) is 1.38. The number of nitrogens with zero attached hydrogens (tertiary/aromatic N) is 1. The molecule has 5 nitrogen and oxygen atoms in total. The highest BCUT2D eigenvalue weighted by atomic mass is 32.1. The van der Waals surface area contributed by atoms with Crippen LogP contribution in [0.25, 0.3) is 0 Å². The Morgan fingerprint density at radius 1 is 1.30 bits per heavy atom. The molecule has 0 fully saturated rings. The number of benzene rings is 1. The molecule has 1 heterocycles. The van der Waals surface area contributed by atoms with Gasteiger partial charge in [0.1, 0.15) is 4.88 Å². The number of thiazole rings is 1. The highest BCUT2D eigenvalue weighted by Crippen LogP contribution is 2.20. The van der Waals surface area contributed by atoms with Crippen molar-refractivity contribution in [2.45, 2.75) is 13.8 Å². The molecule has 0 spiro atoms. The molecule has 104 valence electrons. The quantitative estimate of drug-likeness (QED) is 0.883. The zero-order valence-corrected chi connectivity index (χ0v) is 12.2. The number of esters is 1. The van der Waals surface area contributed by atoms with E-state index in [1.165, 1.54) is 13.3 Å². The SMILES string of the molecule is COC(=O)c1cnc(NC(=O)c2cccc(C)c2C)s1. The lowest BCUT2D eigenvalue weighted by molar-refractivity contribution is 0.0606. The predicted octanol–water partition coefficient (Wildman–Crippen LogP) is 2.80. The van der Waals surface area contributed by atoms with Gasteiger partial charge in [-0.1, -0.05) is 23.5 Å². The topological polar surface area (TPSA) is 68.3 Å². The van der Waals surface area contributed by atoms with Gasteiger partial charge in [0.25, 0.3) is 5.91 Å². The number of rotatable bonds is 3. The fraction of sp³-hybridized carbons (Fsp3) is 0.214. The van der Waals surface area contributed by atoms with Crippen molar-refractivity contribution in [2.75, 3.05) is 12.4 Å². The summed E-state index contributed by atoms with van der Waals surface area (Å²) >= 11 is 1.08. The molecule has 0 radical (unpaired) electrons. The van der Waals surface area contributed by atoms with Crippen molar-refractivity contribution in [3.05, 3.63) is 46.0 Å². The zero-order valence-electron chi connectivity index (χ0n) is 11.4. The number of anilines is 1. The van der Waals surface area contributed by atoms with E-state index >= 15 is 0 Å². The maximum atomic E-state index is 12.2. The van der Waals surface area contributed by atoms with Crippen LogP contribution in [0.15, 0.2) is 24.4 Å². The van der Waals surface area contributed by atoms with Gasteiger partial charge in [0.15, 0.2) is 5.13 Å². The lowest BCUT2D eigenvalue weighted by atomic mass is 10.0. The van der Waals surface area contributed by atoms with Crippen LogP contribution < -0.4 is 5.32 Å². The number of aromatic nitrogens is 1. The molecule has 1 amide bonds. The van der Waals surface area contributed by atoms with Crippen molar-refractivity contribution in [3.63, 3.8) is 0 Å². The minimum atomic E-state index is -0.463. The normalized spacial score (nSPS) is 10.2. The fourth-order valence-corrected chi connectivity index (χ4v) is 2.42. The van der Waals surface area contributed by atoms with Crippen LogP contribution in [-0.2, 0) is 4.74 Å². The standard InChI is InChI=1S/C14H14N2O3S/c1-8-5-4-6-10(9(8)2)12(17)16-14-15-7-11(20-14)13(18)19-3/h4-7H,1-3H3,(H,15,16,17). The lowest BCUT2D eigenvalue weighted by Crippen LogP contribution is -2.13. The highest BCUT2D eigenvalue weighted by Gasteiger charge is 2.14. The van der Waals surface area contributed by atoms with Crippen molar-refractivity contribution in [2.24, 2.45) is 0 Å². The van der Waals surface area contributed by atoms with Crippen molar-refractivity contribution >= 4 is 28.3 Å². The Hall–Kier alpha value is -2.21. The Bertz CT molecular complexity index is 664. The minimum absolute atomic E-state index is 0.239. The largest absolute Gasteiger partial charge is 0.465 e. The summed E-state index contributed by atoms with van der Waals surface area (Å²) in [6.45, 7) is 3.84. The number of hydrogen-bond acceptors (Lipinski definition) is 5. The molecule has 2 aromatic rings. The molecular weight excluding hydrogens is 276 g/mol. The third-order valence-corrected chi connectivity index (χ3v) is 3.85. The van der Waals surface area contributed by atoms with Crippen LogP contribution in [-0.4, -0.2) is 24.0 Å². The number of carbonyl (C=O) groups excluding carboxylic acids is 2. The van der Waals surface area contributed by atoms with E-state index in [0.717, 1.165) is 22.5 Å². The summed E-state index contributed by atoms with van der Waals surface area (Å²) in [5.74, 6) is -0.702. The molecule has 0 unspecified atom stereocenters. The first kappa shape index (κ1) is 14.2. The average molecular weight is 290 g/mol.